The molecule has 0 radical (unpaired) electrons. The Morgan fingerprint density at radius 1 is 1.06 bits per heavy atom. The molecule has 2 aromatic carbocycles. The smallest absolute Gasteiger partial charge is 0.375 e. The molecular formula is C26H32N2O4S. The van der Waals surface area contributed by atoms with Crippen LogP contribution in [0.3, 0.4) is 0 Å². The number of ether oxygens (including phenoxy) is 1. The summed E-state index contributed by atoms with van der Waals surface area (Å²) in [6.45, 7) is 4.22. The molecule has 176 valence electrons. The van der Waals surface area contributed by atoms with Gasteiger partial charge in [0.15, 0.2) is 0 Å². The number of ketones is 1. The van der Waals surface area contributed by atoms with Crippen LogP contribution < -0.4 is 10.6 Å². The van der Waals surface area contributed by atoms with E-state index in [1.54, 1.807) is 18.7 Å². The minimum Gasteiger partial charge on any atom is -0.455 e. The maximum atomic E-state index is 14.1. The summed E-state index contributed by atoms with van der Waals surface area (Å²) in [5, 5.41) is 18.4. The topological polar surface area (TPSA) is 87.7 Å². The molecule has 4 rings (SSSR count). The molecule has 3 N–H and O–H groups in total. The molecule has 2 aliphatic heterocycles. The molecule has 5 atom stereocenters. The van der Waals surface area contributed by atoms with E-state index in [0.717, 1.165) is 16.9 Å². The van der Waals surface area contributed by atoms with Crippen LogP contribution in [0.25, 0.3) is 0 Å². The molecule has 2 fully saturated rings. The average molecular weight is 469 g/mol. The molecule has 2 aliphatic rings. The Balaban J connectivity index is 1.72. The van der Waals surface area contributed by atoms with Crippen molar-refractivity contribution >= 4 is 23.5 Å². The van der Waals surface area contributed by atoms with Gasteiger partial charge in [-0.05, 0) is 30.9 Å². The van der Waals surface area contributed by atoms with Gasteiger partial charge in [0.1, 0.15) is 6.61 Å². The normalized spacial score (nSPS) is 25.6. The molecule has 2 aromatic rings. The van der Waals surface area contributed by atoms with E-state index in [0.29, 0.717) is 13.1 Å². The lowest BCUT2D eigenvalue weighted by Crippen LogP contribution is -2.64. The fourth-order valence-corrected chi connectivity index (χ4v) is 7.04. The Labute approximate surface area is 199 Å². The Morgan fingerprint density at radius 3 is 2.33 bits per heavy atom. The maximum absolute atomic E-state index is 14.1. The van der Waals surface area contributed by atoms with Crippen LogP contribution in [0, 0.1) is 5.41 Å². The van der Waals surface area contributed by atoms with Gasteiger partial charge in [0.2, 0.25) is 0 Å². The zero-order chi connectivity index (χ0) is 23.5. The molecule has 0 aromatic heterocycles. The van der Waals surface area contributed by atoms with Gasteiger partial charge in [-0.1, -0.05) is 67.6 Å². The van der Waals surface area contributed by atoms with Gasteiger partial charge in [0.25, 0.3) is 5.78 Å². The van der Waals surface area contributed by atoms with Crippen molar-refractivity contribution in [1.82, 2.24) is 10.6 Å². The fourth-order valence-electron chi connectivity index (χ4n) is 5.07. The van der Waals surface area contributed by atoms with E-state index in [4.69, 9.17) is 4.74 Å². The van der Waals surface area contributed by atoms with Gasteiger partial charge in [-0.2, -0.15) is 11.8 Å². The van der Waals surface area contributed by atoms with Gasteiger partial charge < -0.3 is 9.84 Å². The van der Waals surface area contributed by atoms with Gasteiger partial charge in [-0.3, -0.25) is 15.4 Å². The summed E-state index contributed by atoms with van der Waals surface area (Å²) in [7, 11) is 0. The molecule has 0 bridgehead atoms. The van der Waals surface area contributed by atoms with E-state index in [2.05, 4.69) is 10.6 Å². The Bertz CT molecular complexity index is 969. The first-order chi connectivity index (χ1) is 15.9. The predicted molar refractivity (Wildman–Crippen MR) is 130 cm³/mol. The third kappa shape index (κ3) is 4.60. The zero-order valence-corrected chi connectivity index (χ0v) is 19.9. The predicted octanol–water partition coefficient (Wildman–Crippen LogP) is 2.69. The molecular weight excluding hydrogens is 436 g/mol. The van der Waals surface area contributed by atoms with E-state index in [1.165, 1.54) is 0 Å². The second kappa shape index (κ2) is 9.97. The lowest BCUT2D eigenvalue weighted by molar-refractivity contribution is -0.169. The van der Waals surface area contributed by atoms with Crippen molar-refractivity contribution in [2.45, 2.75) is 56.2 Å². The number of rotatable bonds is 9. The van der Waals surface area contributed by atoms with Crippen LogP contribution in [-0.4, -0.2) is 52.2 Å². The number of fused-ring (bicyclic) bond motifs is 1. The monoisotopic (exact) mass is 468 g/mol. The van der Waals surface area contributed by atoms with E-state index in [9.17, 15) is 14.7 Å². The quantitative estimate of drug-likeness (QED) is 0.385. The van der Waals surface area contributed by atoms with Crippen LogP contribution in [-0.2, 0) is 27.4 Å². The van der Waals surface area contributed by atoms with Crippen LogP contribution >= 0.6 is 11.8 Å². The van der Waals surface area contributed by atoms with Crippen molar-refractivity contribution in [1.29, 1.82) is 0 Å². The second-order valence-electron chi connectivity index (χ2n) is 9.12. The van der Waals surface area contributed by atoms with Gasteiger partial charge in [-0.25, -0.2) is 4.79 Å². The van der Waals surface area contributed by atoms with Crippen LogP contribution in [0.5, 0.6) is 0 Å². The van der Waals surface area contributed by atoms with E-state index in [1.807, 2.05) is 67.6 Å². The van der Waals surface area contributed by atoms with Crippen molar-refractivity contribution in [3.63, 3.8) is 0 Å². The first kappa shape index (κ1) is 24.0. The summed E-state index contributed by atoms with van der Waals surface area (Å²) in [5.41, 5.74) is -1.04. The van der Waals surface area contributed by atoms with Crippen molar-refractivity contribution in [3.8, 4) is 0 Å². The fraction of sp³-hybridized carbons (Fsp3) is 0.462. The standard InChI is InChI=1S/C26H32N2O4S/c1-3-25(2,31)26(14-18-10-6-4-7-11-18,23-21-20(16-33-23)27-17-28-21)22(29)24(30)32-15-19-12-8-5-9-13-19/h4-13,20-21,23,27-28,31H,3,14-17H2,1-2H3/t20-,21-,23?,25?,26?/m1/s1. The summed E-state index contributed by atoms with van der Waals surface area (Å²) in [5.74, 6) is -0.732. The van der Waals surface area contributed by atoms with Gasteiger partial charge in [-0.15, -0.1) is 0 Å². The Hall–Kier alpha value is -2.19. The number of esters is 1. The lowest BCUT2D eigenvalue weighted by atomic mass is 9.61. The Kier molecular flexibility index (Phi) is 7.24. The molecule has 33 heavy (non-hydrogen) atoms. The number of thioether (sulfide) groups is 1. The molecule has 0 spiro atoms. The van der Waals surface area contributed by atoms with E-state index < -0.39 is 22.8 Å². The van der Waals surface area contributed by atoms with Gasteiger partial charge in [0, 0.05) is 29.8 Å². The largest absolute Gasteiger partial charge is 0.455 e. The highest BCUT2D eigenvalue weighted by molar-refractivity contribution is 8.00. The van der Waals surface area contributed by atoms with Crippen LogP contribution in [0.4, 0.5) is 0 Å². The minimum atomic E-state index is -1.41. The summed E-state index contributed by atoms with van der Waals surface area (Å²) in [4.78, 5) is 27.3. The molecule has 0 aliphatic carbocycles. The Morgan fingerprint density at radius 2 is 1.70 bits per heavy atom. The number of nitrogens with one attached hydrogen (secondary N) is 2. The van der Waals surface area contributed by atoms with Gasteiger partial charge in [0.05, 0.1) is 11.0 Å². The number of hydrogen-bond donors (Lipinski definition) is 3. The third-order valence-corrected chi connectivity index (χ3v) is 8.79. The highest BCUT2D eigenvalue weighted by atomic mass is 32.2. The summed E-state index contributed by atoms with van der Waals surface area (Å²) < 4.78 is 5.50. The molecule has 2 saturated heterocycles. The number of aliphatic hydroxyl groups is 1. The number of benzene rings is 2. The number of hydrogen-bond acceptors (Lipinski definition) is 7. The molecule has 0 saturated carbocycles. The van der Waals surface area contributed by atoms with Crippen molar-refractivity contribution in [2.75, 3.05) is 12.4 Å². The second-order valence-corrected chi connectivity index (χ2v) is 10.3. The molecule has 2 heterocycles. The molecule has 6 nitrogen and oxygen atoms in total. The number of carbonyl (C=O) groups is 2. The third-order valence-electron chi connectivity index (χ3n) is 7.18. The zero-order valence-electron chi connectivity index (χ0n) is 19.1. The highest BCUT2D eigenvalue weighted by Crippen LogP contribution is 2.51. The van der Waals surface area contributed by atoms with Crippen LogP contribution in [0.15, 0.2) is 60.7 Å². The minimum absolute atomic E-state index is 0.0186. The molecule has 0 amide bonds. The highest BCUT2D eigenvalue weighted by Gasteiger charge is 2.63. The van der Waals surface area contributed by atoms with Crippen LogP contribution in [0.1, 0.15) is 31.4 Å². The molecule has 3 unspecified atom stereocenters. The first-order valence-electron chi connectivity index (χ1n) is 11.5. The summed E-state index contributed by atoms with van der Waals surface area (Å²) >= 11 is 1.65. The van der Waals surface area contributed by atoms with Crippen LogP contribution in [0.2, 0.25) is 0 Å². The maximum Gasteiger partial charge on any atom is 0.375 e. The average Bonchev–Trinajstić information content (AvgIpc) is 3.46. The first-order valence-corrected chi connectivity index (χ1v) is 12.5. The summed E-state index contributed by atoms with van der Waals surface area (Å²) in [6.07, 6.45) is 0.593. The lowest BCUT2D eigenvalue weighted by Gasteiger charge is -2.48. The van der Waals surface area contributed by atoms with Gasteiger partial charge >= 0.3 is 5.97 Å². The van der Waals surface area contributed by atoms with Crippen molar-refractivity contribution in [3.05, 3.63) is 71.8 Å². The van der Waals surface area contributed by atoms with E-state index >= 15 is 0 Å². The molecule has 7 heteroatoms. The summed E-state index contributed by atoms with van der Waals surface area (Å²) in [6, 6.07) is 19.1. The van der Waals surface area contributed by atoms with E-state index in [-0.39, 0.29) is 30.4 Å². The van der Waals surface area contributed by atoms with Crippen molar-refractivity contribution < 1.29 is 19.4 Å². The van der Waals surface area contributed by atoms with Crippen molar-refractivity contribution in [2.24, 2.45) is 5.41 Å². The SMILES string of the molecule is CCC(C)(O)C(Cc1ccccc1)(C(=O)C(=O)OCc1ccccc1)C1SC[C@H]2NCN[C@@H]12. The number of carbonyl (C=O) groups excluding carboxylic acids is 2. The number of Topliss-reactive ketones (excluding diaryl/α,β-unsaturated/α-hetero) is 1.